The highest BCUT2D eigenvalue weighted by molar-refractivity contribution is 7.85. The van der Waals surface area contributed by atoms with E-state index in [4.69, 9.17) is 21.1 Å². The van der Waals surface area contributed by atoms with Crippen molar-refractivity contribution in [2.24, 2.45) is 0 Å². The van der Waals surface area contributed by atoms with Crippen molar-refractivity contribution >= 4 is 49.6 Å². The summed E-state index contributed by atoms with van der Waals surface area (Å²) in [5.74, 6) is 1.74. The average molecular weight is 403 g/mol. The second kappa shape index (κ2) is 9.55. The number of hydrogen-bond acceptors (Lipinski definition) is 5. The summed E-state index contributed by atoms with van der Waals surface area (Å²) in [5.41, 5.74) is 0. The normalized spacial score (nSPS) is 13.6. The molecule has 0 aliphatic rings. The molecule has 0 spiro atoms. The molecule has 138 valence electrons. The largest absolute Gasteiger partial charge is 0.493 e. The molecule has 1 aromatic carbocycles. The lowest BCUT2D eigenvalue weighted by molar-refractivity contribution is 0.102. The van der Waals surface area contributed by atoms with Gasteiger partial charge in [0, 0.05) is 32.7 Å². The molecule has 4 nitrogen and oxygen atoms in total. The lowest BCUT2D eigenvalue weighted by Crippen LogP contribution is -2.13. The molecule has 0 saturated carbocycles. The zero-order valence-corrected chi connectivity index (χ0v) is 17.1. The molecule has 0 amide bonds. The van der Waals surface area contributed by atoms with Crippen LogP contribution >= 0.6 is 22.9 Å². The van der Waals surface area contributed by atoms with E-state index in [1.165, 1.54) is 11.3 Å². The van der Waals surface area contributed by atoms with E-state index in [9.17, 15) is 9.00 Å². The van der Waals surface area contributed by atoms with Crippen LogP contribution in [-0.2, 0) is 10.8 Å². The molecule has 2 rings (SSSR count). The molecule has 1 aromatic heterocycles. The number of alkyl halides is 1. The van der Waals surface area contributed by atoms with Gasteiger partial charge in [0.1, 0.15) is 0 Å². The number of carbonyl (C=O) groups excluding carboxylic acids is 1. The number of Topliss-reactive ketones (excluding diaryl/α,β-unsaturated/α-hetero) is 1. The lowest BCUT2D eigenvalue weighted by atomic mass is 10.2. The molecule has 0 N–H and O–H groups in total. The Bertz CT molecular complexity index is 716. The minimum Gasteiger partial charge on any atom is -0.493 e. The number of ether oxygens (including phenoxy) is 2. The second-order valence-electron chi connectivity index (χ2n) is 5.71. The number of hydrogen-bond donors (Lipinski definition) is 0. The Balaban J connectivity index is 2.03. The van der Waals surface area contributed by atoms with Crippen LogP contribution in [0.4, 0.5) is 0 Å². The Morgan fingerprint density at radius 2 is 1.92 bits per heavy atom. The Kier molecular flexibility index (Phi) is 7.72. The number of halogens is 1. The summed E-state index contributed by atoms with van der Waals surface area (Å²) in [4.78, 5) is 13.0. The maximum atomic E-state index is 12.4. The Labute approximate surface area is 159 Å². The fourth-order valence-electron chi connectivity index (χ4n) is 2.46. The van der Waals surface area contributed by atoms with Crippen LogP contribution in [0.3, 0.4) is 0 Å². The molecule has 0 fully saturated rings. The summed E-state index contributed by atoms with van der Waals surface area (Å²) in [7, 11) is 2.00. The molecule has 2 aromatic rings. The van der Waals surface area contributed by atoms with Gasteiger partial charge in [-0.15, -0.1) is 22.9 Å². The van der Waals surface area contributed by atoms with Crippen molar-refractivity contribution in [3.63, 3.8) is 0 Å². The maximum absolute atomic E-state index is 12.4. The van der Waals surface area contributed by atoms with E-state index in [2.05, 4.69) is 0 Å². The molecule has 7 heteroatoms. The zero-order valence-electron chi connectivity index (χ0n) is 14.7. The van der Waals surface area contributed by atoms with Crippen LogP contribution in [0.5, 0.6) is 11.5 Å². The van der Waals surface area contributed by atoms with Crippen molar-refractivity contribution in [1.82, 2.24) is 0 Å². The smallest absolute Gasteiger partial charge is 0.185 e. The van der Waals surface area contributed by atoms with E-state index >= 15 is 0 Å². The van der Waals surface area contributed by atoms with Gasteiger partial charge in [-0.25, -0.2) is 0 Å². The fraction of sp³-hybridized carbons (Fsp3) is 0.500. The first-order chi connectivity index (χ1) is 12.0. The predicted octanol–water partition coefficient (Wildman–Crippen LogP) is 4.65. The third-order valence-electron chi connectivity index (χ3n) is 3.92. The summed E-state index contributed by atoms with van der Waals surface area (Å²) >= 11 is 7.45. The molecular weight excluding hydrogens is 380 g/mol. The van der Waals surface area contributed by atoms with Crippen LogP contribution in [0.2, 0.25) is 0 Å². The number of thiophene rings is 1. The van der Waals surface area contributed by atoms with Gasteiger partial charge < -0.3 is 9.47 Å². The quantitative estimate of drug-likeness (QED) is 0.429. The molecule has 2 unspecified atom stereocenters. The molecule has 2 atom stereocenters. The van der Waals surface area contributed by atoms with Gasteiger partial charge in [0.2, 0.25) is 0 Å². The first-order valence-corrected chi connectivity index (χ1v) is 10.9. The molecule has 0 bridgehead atoms. The van der Waals surface area contributed by atoms with Crippen molar-refractivity contribution in [3.8, 4) is 11.5 Å². The summed E-state index contributed by atoms with van der Waals surface area (Å²) in [6.45, 7) is 2.03. The SMILES string of the molecule is CCC(Cl)CCCS(=O)CC(=O)c1cc2cc(OC)c(OC)cc2s1. The number of ketones is 1. The van der Waals surface area contributed by atoms with E-state index in [1.807, 2.05) is 25.1 Å². The first-order valence-electron chi connectivity index (χ1n) is 8.16. The highest BCUT2D eigenvalue weighted by atomic mass is 35.5. The van der Waals surface area contributed by atoms with Crippen LogP contribution < -0.4 is 9.47 Å². The van der Waals surface area contributed by atoms with Crippen molar-refractivity contribution in [2.45, 2.75) is 31.6 Å². The van der Waals surface area contributed by atoms with Crippen LogP contribution in [0.1, 0.15) is 35.9 Å². The van der Waals surface area contributed by atoms with Crippen LogP contribution in [0.25, 0.3) is 10.1 Å². The lowest BCUT2D eigenvalue weighted by Gasteiger charge is -2.06. The van der Waals surface area contributed by atoms with Gasteiger partial charge in [0.15, 0.2) is 17.3 Å². The summed E-state index contributed by atoms with van der Waals surface area (Å²) < 4.78 is 23.6. The zero-order chi connectivity index (χ0) is 18.4. The molecule has 25 heavy (non-hydrogen) atoms. The Morgan fingerprint density at radius 3 is 2.56 bits per heavy atom. The summed E-state index contributed by atoms with van der Waals surface area (Å²) in [6.07, 6.45) is 2.52. The first kappa shape index (κ1) is 20.2. The number of fused-ring (bicyclic) bond motifs is 1. The second-order valence-corrected chi connectivity index (χ2v) is 8.99. The van der Waals surface area contributed by atoms with Crippen molar-refractivity contribution in [3.05, 3.63) is 23.1 Å². The van der Waals surface area contributed by atoms with Crippen LogP contribution in [0, 0.1) is 0 Å². The molecule has 0 saturated heterocycles. The standard InChI is InChI=1S/C18H23ClO4S2/c1-4-13(19)6-5-7-25(21)11-14(20)18-9-12-8-15(22-2)16(23-3)10-17(12)24-18/h8-10,13H,4-7,11H2,1-3H3. The van der Waals surface area contributed by atoms with Gasteiger partial charge >= 0.3 is 0 Å². The van der Waals surface area contributed by atoms with Gasteiger partial charge in [0.05, 0.1) is 24.8 Å². The Morgan fingerprint density at radius 1 is 1.24 bits per heavy atom. The topological polar surface area (TPSA) is 52.6 Å². The molecule has 0 aliphatic heterocycles. The highest BCUT2D eigenvalue weighted by Crippen LogP contribution is 2.36. The number of carbonyl (C=O) groups is 1. The molecule has 0 radical (unpaired) electrons. The van der Waals surface area contributed by atoms with Crippen LogP contribution in [0.15, 0.2) is 18.2 Å². The highest BCUT2D eigenvalue weighted by Gasteiger charge is 2.16. The third kappa shape index (κ3) is 5.43. The maximum Gasteiger partial charge on any atom is 0.185 e. The summed E-state index contributed by atoms with van der Waals surface area (Å²) in [5, 5.41) is 1.05. The van der Waals surface area contributed by atoms with Crippen molar-refractivity contribution in [2.75, 3.05) is 25.7 Å². The number of benzene rings is 1. The number of methoxy groups -OCH3 is 2. The van der Waals surface area contributed by atoms with Gasteiger partial charge in [-0.2, -0.15) is 0 Å². The molecule has 0 aliphatic carbocycles. The van der Waals surface area contributed by atoms with Gasteiger partial charge in [0.25, 0.3) is 0 Å². The molecular formula is C18H23ClO4S2. The van der Waals surface area contributed by atoms with Crippen LogP contribution in [-0.4, -0.2) is 41.1 Å². The van der Waals surface area contributed by atoms with Gasteiger partial charge in [-0.05, 0) is 36.8 Å². The minimum absolute atomic E-state index is 0.0557. The van der Waals surface area contributed by atoms with E-state index in [-0.39, 0.29) is 16.9 Å². The van der Waals surface area contributed by atoms with Crippen molar-refractivity contribution in [1.29, 1.82) is 0 Å². The molecule has 1 heterocycles. The van der Waals surface area contributed by atoms with Gasteiger partial charge in [-0.3, -0.25) is 9.00 Å². The number of rotatable bonds is 10. The fourth-order valence-corrected chi connectivity index (χ4v) is 4.80. The van der Waals surface area contributed by atoms with E-state index in [0.717, 1.165) is 29.3 Å². The summed E-state index contributed by atoms with van der Waals surface area (Å²) in [6, 6.07) is 5.54. The average Bonchev–Trinajstić information content (AvgIpc) is 3.03. The minimum atomic E-state index is -1.15. The van der Waals surface area contributed by atoms with Gasteiger partial charge in [-0.1, -0.05) is 6.92 Å². The van der Waals surface area contributed by atoms with E-state index < -0.39 is 10.8 Å². The Hall–Kier alpha value is -1.11. The third-order valence-corrected chi connectivity index (χ3v) is 6.92. The predicted molar refractivity (Wildman–Crippen MR) is 106 cm³/mol. The van der Waals surface area contributed by atoms with E-state index in [1.54, 1.807) is 14.2 Å². The monoisotopic (exact) mass is 402 g/mol. The van der Waals surface area contributed by atoms with E-state index in [0.29, 0.717) is 22.1 Å². The van der Waals surface area contributed by atoms with Crippen molar-refractivity contribution < 1.29 is 18.5 Å².